The number of H-pyrrole nitrogens is 1. The quantitative estimate of drug-likeness (QED) is 0.719. The van der Waals surface area contributed by atoms with E-state index in [-0.39, 0.29) is 5.56 Å². The van der Waals surface area contributed by atoms with E-state index in [4.69, 9.17) is 0 Å². The molecule has 2 saturated heterocycles. The highest BCUT2D eigenvalue weighted by molar-refractivity contribution is 7.92. The first-order valence-electron chi connectivity index (χ1n) is 7.52. The van der Waals surface area contributed by atoms with Crippen molar-refractivity contribution in [2.45, 2.75) is 6.42 Å². The number of nitrogens with zero attached hydrogens (tertiary/aromatic N) is 3. The predicted molar refractivity (Wildman–Crippen MR) is 86.9 cm³/mol. The van der Waals surface area contributed by atoms with E-state index in [1.807, 2.05) is 4.90 Å². The first-order valence-corrected chi connectivity index (χ1v) is 8.96. The minimum atomic E-state index is -4.24. The van der Waals surface area contributed by atoms with Crippen LogP contribution in [0, 0.1) is 5.82 Å². The van der Waals surface area contributed by atoms with E-state index in [2.05, 4.69) is 10.2 Å². The van der Waals surface area contributed by atoms with Gasteiger partial charge >= 0.3 is 10.2 Å². The van der Waals surface area contributed by atoms with Crippen LogP contribution in [0.3, 0.4) is 0 Å². The Morgan fingerprint density at radius 3 is 2.64 bits per heavy atom. The zero-order valence-corrected chi connectivity index (χ0v) is 13.7. The largest absolute Gasteiger partial charge is 0.506 e. The van der Waals surface area contributed by atoms with Crippen LogP contribution in [-0.2, 0) is 15.0 Å². The van der Waals surface area contributed by atoms with Gasteiger partial charge in [-0.2, -0.15) is 13.5 Å². The second-order valence-corrected chi connectivity index (χ2v) is 7.41. The van der Waals surface area contributed by atoms with Crippen LogP contribution in [0.5, 0.6) is 5.75 Å². The van der Waals surface area contributed by atoms with Crippen LogP contribution in [0.15, 0.2) is 18.2 Å². The fourth-order valence-electron chi connectivity index (χ4n) is 2.80. The lowest BCUT2D eigenvalue weighted by Crippen LogP contribution is -2.37. The van der Waals surface area contributed by atoms with Gasteiger partial charge in [-0.3, -0.25) is 9.89 Å². The van der Waals surface area contributed by atoms with Gasteiger partial charge in [0.15, 0.2) is 11.6 Å². The van der Waals surface area contributed by atoms with Gasteiger partial charge in [0.05, 0.1) is 5.69 Å². The third kappa shape index (κ3) is 2.47. The Labute approximate surface area is 142 Å². The second kappa shape index (κ2) is 5.34. The molecule has 0 unspecified atom stereocenters. The number of phenolic OH excluding ortho intramolecular Hbond substituents is 1. The van der Waals surface area contributed by atoms with Crippen molar-refractivity contribution in [3.63, 3.8) is 0 Å². The second-order valence-electron chi connectivity index (χ2n) is 5.81. The van der Waals surface area contributed by atoms with Crippen LogP contribution in [0.2, 0.25) is 0 Å². The van der Waals surface area contributed by atoms with Crippen molar-refractivity contribution in [3.8, 4) is 17.0 Å². The molecule has 0 radical (unpaired) electrons. The molecule has 2 aliphatic heterocycles. The van der Waals surface area contributed by atoms with Gasteiger partial charge in [-0.1, -0.05) is 0 Å². The molecule has 11 heteroatoms. The number of anilines is 2. The van der Waals surface area contributed by atoms with Gasteiger partial charge in [-0.25, -0.2) is 13.4 Å². The summed E-state index contributed by atoms with van der Waals surface area (Å²) < 4.78 is 41.1. The molecule has 0 bridgehead atoms. The normalized spacial score (nSPS) is 19.0. The van der Waals surface area contributed by atoms with Crippen molar-refractivity contribution in [2.24, 2.45) is 0 Å². The van der Waals surface area contributed by atoms with Gasteiger partial charge in [-0.15, -0.1) is 0 Å². The van der Waals surface area contributed by atoms with Gasteiger partial charge in [0.25, 0.3) is 5.91 Å². The molecule has 1 amide bonds. The number of aromatic amines is 1. The minimum absolute atomic E-state index is 0.0432. The molecule has 1 aromatic carbocycles. The maximum Gasteiger partial charge on any atom is 0.326 e. The van der Waals surface area contributed by atoms with E-state index in [1.165, 1.54) is 12.1 Å². The number of rotatable bonds is 3. The summed E-state index contributed by atoms with van der Waals surface area (Å²) in [4.78, 5) is 13.4. The molecule has 9 nitrogen and oxygen atoms in total. The Hall–Kier alpha value is -2.82. The van der Waals surface area contributed by atoms with Gasteiger partial charge < -0.3 is 10.0 Å². The SMILES string of the molecule is O=C1CN(c2c(O)ccc(-c3cc(N4CCC4)n[nH]3)c2F)S(=O)(=O)N1. The molecule has 0 atom stereocenters. The average Bonchev–Trinajstić information content (AvgIpc) is 3.02. The topological polar surface area (TPSA) is 119 Å². The minimum Gasteiger partial charge on any atom is -0.506 e. The number of aromatic hydroxyl groups is 1. The molecule has 1 aromatic heterocycles. The maximum atomic E-state index is 15.0. The zero-order chi connectivity index (χ0) is 17.8. The number of carbonyl (C=O) groups is 1. The van der Waals surface area contributed by atoms with Crippen molar-refractivity contribution < 1.29 is 22.7 Å². The molecule has 25 heavy (non-hydrogen) atoms. The summed E-state index contributed by atoms with van der Waals surface area (Å²) in [6.45, 7) is 1.14. The number of aromatic nitrogens is 2. The molecular formula is C14H14FN5O4S. The highest BCUT2D eigenvalue weighted by Gasteiger charge is 2.38. The van der Waals surface area contributed by atoms with E-state index in [9.17, 15) is 22.7 Å². The first-order chi connectivity index (χ1) is 11.9. The number of nitrogens with one attached hydrogen (secondary N) is 2. The van der Waals surface area contributed by atoms with E-state index < -0.39 is 39.9 Å². The molecular weight excluding hydrogens is 353 g/mol. The number of carbonyl (C=O) groups excluding carboxylic acids is 1. The van der Waals surface area contributed by atoms with Gasteiger partial charge in [0, 0.05) is 24.7 Å². The number of benzene rings is 1. The molecule has 0 saturated carbocycles. The summed E-state index contributed by atoms with van der Waals surface area (Å²) in [7, 11) is -4.24. The number of amides is 1. The number of hydrogen-bond donors (Lipinski definition) is 3. The molecule has 2 fully saturated rings. The Bertz CT molecular complexity index is 970. The number of phenols is 1. The first kappa shape index (κ1) is 15.7. The fraction of sp³-hybridized carbons (Fsp3) is 0.286. The maximum absolute atomic E-state index is 15.0. The number of halogens is 1. The third-order valence-electron chi connectivity index (χ3n) is 4.20. The Balaban J connectivity index is 1.78. The molecule has 2 aromatic rings. The summed E-state index contributed by atoms with van der Waals surface area (Å²) in [5.74, 6) is -1.67. The van der Waals surface area contributed by atoms with Crippen LogP contribution in [0.25, 0.3) is 11.3 Å². The van der Waals surface area contributed by atoms with Gasteiger partial charge in [0.1, 0.15) is 18.0 Å². The van der Waals surface area contributed by atoms with Gasteiger partial charge in [-0.05, 0) is 18.6 Å². The van der Waals surface area contributed by atoms with Crippen LogP contribution < -0.4 is 13.9 Å². The highest BCUT2D eigenvalue weighted by Crippen LogP contribution is 2.38. The summed E-state index contributed by atoms with van der Waals surface area (Å²) in [6, 6.07) is 4.15. The summed E-state index contributed by atoms with van der Waals surface area (Å²) in [5, 5.41) is 16.8. The van der Waals surface area contributed by atoms with Crippen LogP contribution in [0.1, 0.15) is 6.42 Å². The van der Waals surface area contributed by atoms with E-state index in [0.29, 0.717) is 15.8 Å². The predicted octanol–water partition coefficient (Wildman–Crippen LogP) is 0.312. The molecule has 3 N–H and O–H groups in total. The molecule has 2 aliphatic rings. The molecule has 0 aliphatic carbocycles. The number of hydrogen-bond acceptors (Lipinski definition) is 6. The van der Waals surface area contributed by atoms with Crippen LogP contribution in [-0.4, -0.2) is 49.3 Å². The average molecular weight is 367 g/mol. The Morgan fingerprint density at radius 2 is 2.04 bits per heavy atom. The molecule has 4 rings (SSSR count). The van der Waals surface area contributed by atoms with Crippen LogP contribution in [0.4, 0.5) is 15.9 Å². The Kier molecular flexibility index (Phi) is 3.35. The summed E-state index contributed by atoms with van der Waals surface area (Å²) in [5.41, 5.74) is -0.186. The molecule has 3 heterocycles. The third-order valence-corrected chi connectivity index (χ3v) is 5.58. The van der Waals surface area contributed by atoms with Crippen molar-refractivity contribution in [1.82, 2.24) is 14.9 Å². The van der Waals surface area contributed by atoms with Crippen molar-refractivity contribution >= 4 is 27.6 Å². The summed E-state index contributed by atoms with van der Waals surface area (Å²) >= 11 is 0. The van der Waals surface area contributed by atoms with Gasteiger partial charge in [0.2, 0.25) is 0 Å². The van der Waals surface area contributed by atoms with Crippen molar-refractivity contribution in [2.75, 3.05) is 28.8 Å². The Morgan fingerprint density at radius 1 is 1.28 bits per heavy atom. The lowest BCUT2D eigenvalue weighted by molar-refractivity contribution is -0.117. The smallest absolute Gasteiger partial charge is 0.326 e. The van der Waals surface area contributed by atoms with E-state index in [1.54, 1.807) is 10.8 Å². The lowest BCUT2D eigenvalue weighted by Gasteiger charge is -2.30. The zero-order valence-electron chi connectivity index (χ0n) is 12.9. The van der Waals surface area contributed by atoms with Crippen molar-refractivity contribution in [3.05, 3.63) is 24.0 Å². The monoisotopic (exact) mass is 367 g/mol. The van der Waals surface area contributed by atoms with Crippen molar-refractivity contribution in [1.29, 1.82) is 0 Å². The molecule has 132 valence electrons. The van der Waals surface area contributed by atoms with E-state index >= 15 is 0 Å². The lowest BCUT2D eigenvalue weighted by atomic mass is 10.1. The fourth-order valence-corrected chi connectivity index (χ4v) is 3.97. The van der Waals surface area contributed by atoms with E-state index in [0.717, 1.165) is 19.5 Å². The summed E-state index contributed by atoms with van der Waals surface area (Å²) in [6.07, 6.45) is 1.06. The highest BCUT2D eigenvalue weighted by atomic mass is 32.2. The standard InChI is InChI=1S/C14H14FN5O4S/c15-13-8(9-6-11(17-16-9)19-4-1-5-19)2-3-10(21)14(13)20-7-12(22)18-25(20,23)24/h2-3,6,21H,1,4-5,7H2,(H,16,17)(H,18,22). The molecule has 0 spiro atoms. The van der Waals surface area contributed by atoms with Crippen LogP contribution >= 0.6 is 0 Å².